The summed E-state index contributed by atoms with van der Waals surface area (Å²) in [5.74, 6) is 0. The fourth-order valence-electron chi connectivity index (χ4n) is 2.63. The van der Waals surface area contributed by atoms with Gasteiger partial charge in [0.25, 0.3) is 0 Å². The summed E-state index contributed by atoms with van der Waals surface area (Å²) in [6.45, 7) is 0. The van der Waals surface area contributed by atoms with Crippen LogP contribution < -0.4 is 0 Å². The van der Waals surface area contributed by atoms with Crippen molar-refractivity contribution in [2.45, 2.75) is 0 Å². The summed E-state index contributed by atoms with van der Waals surface area (Å²) >= 11 is 0. The smallest absolute Gasteiger partial charge is 0.0919 e. The SMILES string of the molecule is c1ccc(-c2cc(-c3ccccc3)c3cccn3n2)cc1. The maximum absolute atomic E-state index is 4.71. The highest BCUT2D eigenvalue weighted by Crippen LogP contribution is 2.28. The van der Waals surface area contributed by atoms with Gasteiger partial charge >= 0.3 is 0 Å². The molecule has 0 radical (unpaired) electrons. The van der Waals surface area contributed by atoms with Crippen LogP contribution in [0.25, 0.3) is 27.9 Å². The summed E-state index contributed by atoms with van der Waals surface area (Å²) in [4.78, 5) is 0. The monoisotopic (exact) mass is 270 g/mol. The molecular formula is C19H14N2. The molecular weight excluding hydrogens is 256 g/mol. The lowest BCUT2D eigenvalue weighted by molar-refractivity contribution is 0.949. The molecule has 0 aliphatic carbocycles. The van der Waals surface area contributed by atoms with E-state index in [4.69, 9.17) is 5.10 Å². The summed E-state index contributed by atoms with van der Waals surface area (Å²) in [7, 11) is 0. The molecule has 2 heteroatoms. The molecule has 0 unspecified atom stereocenters. The van der Waals surface area contributed by atoms with Gasteiger partial charge in [-0.2, -0.15) is 5.10 Å². The van der Waals surface area contributed by atoms with E-state index in [0.29, 0.717) is 0 Å². The van der Waals surface area contributed by atoms with Crippen molar-refractivity contribution in [3.63, 3.8) is 0 Å². The van der Waals surface area contributed by atoms with E-state index in [0.717, 1.165) is 16.8 Å². The molecule has 4 aromatic rings. The molecule has 4 rings (SSSR count). The van der Waals surface area contributed by atoms with Crippen LogP contribution in [-0.4, -0.2) is 9.61 Å². The normalized spacial score (nSPS) is 10.9. The summed E-state index contributed by atoms with van der Waals surface area (Å²) in [5, 5.41) is 4.71. The molecule has 0 aliphatic heterocycles. The van der Waals surface area contributed by atoms with Gasteiger partial charge in [-0.3, -0.25) is 0 Å². The molecule has 0 atom stereocenters. The zero-order chi connectivity index (χ0) is 14.1. The topological polar surface area (TPSA) is 17.3 Å². The van der Waals surface area contributed by atoms with Crippen molar-refractivity contribution in [3.05, 3.63) is 85.1 Å². The number of hydrogen-bond donors (Lipinski definition) is 0. The maximum Gasteiger partial charge on any atom is 0.0919 e. The van der Waals surface area contributed by atoms with Gasteiger partial charge in [-0.05, 0) is 23.8 Å². The summed E-state index contributed by atoms with van der Waals surface area (Å²) in [5.41, 5.74) is 5.65. The van der Waals surface area contributed by atoms with Crippen molar-refractivity contribution < 1.29 is 0 Å². The van der Waals surface area contributed by atoms with Crippen molar-refractivity contribution in [1.82, 2.24) is 9.61 Å². The van der Waals surface area contributed by atoms with Crippen LogP contribution in [0.5, 0.6) is 0 Å². The van der Waals surface area contributed by atoms with Gasteiger partial charge in [0.15, 0.2) is 0 Å². The molecule has 0 bridgehead atoms. The minimum atomic E-state index is 0.984. The second kappa shape index (κ2) is 4.91. The quantitative estimate of drug-likeness (QED) is 0.517. The standard InChI is InChI=1S/C19H14N2/c1-3-8-15(9-4-1)17-14-18(16-10-5-2-6-11-16)20-21-13-7-12-19(17)21/h1-14H. The van der Waals surface area contributed by atoms with E-state index in [1.807, 2.05) is 41.0 Å². The summed E-state index contributed by atoms with van der Waals surface area (Å²) < 4.78 is 1.95. The predicted molar refractivity (Wildman–Crippen MR) is 86.1 cm³/mol. The molecule has 0 fully saturated rings. The lowest BCUT2D eigenvalue weighted by Crippen LogP contribution is -1.95. The first-order chi connectivity index (χ1) is 10.4. The predicted octanol–water partition coefficient (Wildman–Crippen LogP) is 4.67. The van der Waals surface area contributed by atoms with Gasteiger partial charge in [-0.25, -0.2) is 4.52 Å². The number of fused-ring (bicyclic) bond motifs is 1. The number of rotatable bonds is 2. The van der Waals surface area contributed by atoms with Gasteiger partial charge in [0.1, 0.15) is 0 Å². The Labute approximate surface area is 123 Å². The third kappa shape index (κ3) is 2.11. The molecule has 0 N–H and O–H groups in total. The second-order valence-corrected chi connectivity index (χ2v) is 5.01. The first kappa shape index (κ1) is 11.9. The first-order valence-corrected chi connectivity index (χ1v) is 7.01. The highest BCUT2D eigenvalue weighted by atomic mass is 15.2. The van der Waals surface area contributed by atoms with Crippen LogP contribution in [0.1, 0.15) is 0 Å². The van der Waals surface area contributed by atoms with Crippen molar-refractivity contribution in [3.8, 4) is 22.4 Å². The largest absolute Gasteiger partial charge is 0.240 e. The van der Waals surface area contributed by atoms with Gasteiger partial charge in [0.2, 0.25) is 0 Å². The Morgan fingerprint density at radius 1 is 0.667 bits per heavy atom. The van der Waals surface area contributed by atoms with Crippen molar-refractivity contribution >= 4 is 5.52 Å². The Balaban J connectivity index is 2.00. The van der Waals surface area contributed by atoms with Gasteiger partial charge in [-0.15, -0.1) is 0 Å². The van der Waals surface area contributed by atoms with Gasteiger partial charge in [0.05, 0.1) is 11.2 Å². The molecule has 0 aliphatic rings. The fraction of sp³-hybridized carbons (Fsp3) is 0. The number of hydrogen-bond acceptors (Lipinski definition) is 1. The van der Waals surface area contributed by atoms with Crippen LogP contribution in [0.3, 0.4) is 0 Å². The van der Waals surface area contributed by atoms with Crippen molar-refractivity contribution in [2.24, 2.45) is 0 Å². The molecule has 21 heavy (non-hydrogen) atoms. The third-order valence-corrected chi connectivity index (χ3v) is 3.66. The van der Waals surface area contributed by atoms with Crippen LogP contribution >= 0.6 is 0 Å². The van der Waals surface area contributed by atoms with E-state index >= 15 is 0 Å². The molecule has 2 nitrogen and oxygen atoms in total. The van der Waals surface area contributed by atoms with Crippen LogP contribution in [0.4, 0.5) is 0 Å². The highest BCUT2D eigenvalue weighted by molar-refractivity contribution is 5.83. The minimum absolute atomic E-state index is 0.984. The lowest BCUT2D eigenvalue weighted by atomic mass is 10.0. The van der Waals surface area contributed by atoms with Crippen molar-refractivity contribution in [2.75, 3.05) is 0 Å². The Kier molecular flexibility index (Phi) is 2.79. The first-order valence-electron chi connectivity index (χ1n) is 7.01. The Morgan fingerprint density at radius 3 is 2.05 bits per heavy atom. The molecule has 2 heterocycles. The number of aromatic nitrogens is 2. The molecule has 2 aromatic heterocycles. The Bertz CT molecular complexity index is 877. The van der Waals surface area contributed by atoms with Crippen LogP contribution in [0, 0.1) is 0 Å². The summed E-state index contributed by atoms with van der Waals surface area (Å²) in [6, 6.07) is 27.0. The zero-order valence-electron chi connectivity index (χ0n) is 11.5. The average Bonchev–Trinajstić information content (AvgIpc) is 3.04. The highest BCUT2D eigenvalue weighted by Gasteiger charge is 2.08. The minimum Gasteiger partial charge on any atom is -0.240 e. The van der Waals surface area contributed by atoms with Gasteiger partial charge in [0, 0.05) is 17.3 Å². The van der Waals surface area contributed by atoms with Crippen molar-refractivity contribution in [1.29, 1.82) is 0 Å². The average molecular weight is 270 g/mol. The lowest BCUT2D eigenvalue weighted by Gasteiger charge is -2.08. The van der Waals surface area contributed by atoms with E-state index in [2.05, 4.69) is 48.5 Å². The van der Waals surface area contributed by atoms with E-state index in [9.17, 15) is 0 Å². The Morgan fingerprint density at radius 2 is 1.33 bits per heavy atom. The van der Waals surface area contributed by atoms with E-state index < -0.39 is 0 Å². The maximum atomic E-state index is 4.71. The van der Waals surface area contributed by atoms with Crippen LogP contribution in [0.15, 0.2) is 85.1 Å². The van der Waals surface area contributed by atoms with Gasteiger partial charge < -0.3 is 0 Å². The molecule has 0 amide bonds. The molecule has 0 saturated carbocycles. The van der Waals surface area contributed by atoms with Crippen LogP contribution in [0.2, 0.25) is 0 Å². The molecule has 0 spiro atoms. The van der Waals surface area contributed by atoms with Gasteiger partial charge in [-0.1, -0.05) is 60.7 Å². The van der Waals surface area contributed by atoms with Crippen LogP contribution in [-0.2, 0) is 0 Å². The summed E-state index contributed by atoms with van der Waals surface area (Å²) in [6.07, 6.45) is 1.99. The fourth-order valence-corrected chi connectivity index (χ4v) is 2.63. The molecule has 100 valence electrons. The molecule has 0 saturated heterocycles. The Hall–Kier alpha value is -2.87. The van der Waals surface area contributed by atoms with E-state index in [1.54, 1.807) is 0 Å². The number of nitrogens with zero attached hydrogens (tertiary/aromatic N) is 2. The van der Waals surface area contributed by atoms with E-state index in [-0.39, 0.29) is 0 Å². The third-order valence-electron chi connectivity index (χ3n) is 3.66. The number of benzene rings is 2. The second-order valence-electron chi connectivity index (χ2n) is 5.01. The van der Waals surface area contributed by atoms with E-state index in [1.165, 1.54) is 11.1 Å². The molecule has 2 aromatic carbocycles. The zero-order valence-corrected chi connectivity index (χ0v) is 11.5.